The molecule has 0 saturated carbocycles. The molecule has 7 heteroatoms. The molecule has 7 nitrogen and oxygen atoms in total. The van der Waals surface area contributed by atoms with E-state index in [9.17, 15) is 9.90 Å². The Balaban J connectivity index is 1.86. The maximum atomic E-state index is 12.2. The van der Waals surface area contributed by atoms with Gasteiger partial charge in [-0.1, -0.05) is 30.3 Å². The zero-order valence-electron chi connectivity index (χ0n) is 18.5. The van der Waals surface area contributed by atoms with E-state index in [-0.39, 0.29) is 5.56 Å². The van der Waals surface area contributed by atoms with Crippen LogP contribution in [0.4, 0.5) is 5.69 Å². The van der Waals surface area contributed by atoms with E-state index >= 15 is 0 Å². The lowest BCUT2D eigenvalue weighted by Gasteiger charge is -2.16. The van der Waals surface area contributed by atoms with E-state index in [0.29, 0.717) is 16.7 Å². The van der Waals surface area contributed by atoms with E-state index in [1.807, 2.05) is 72.8 Å². The van der Waals surface area contributed by atoms with E-state index in [2.05, 4.69) is 10.5 Å². The number of nitrogens with one attached hydrogen (secondary N) is 2. The van der Waals surface area contributed by atoms with Crippen LogP contribution in [-0.2, 0) is 0 Å². The molecular formula is C28H21N4O3+. The smallest absolute Gasteiger partial charge is 0.336 e. The Morgan fingerprint density at radius 2 is 1.43 bits per heavy atom. The van der Waals surface area contributed by atoms with Gasteiger partial charge in [-0.25, -0.2) is 10.6 Å². The number of anilines is 1. The molecule has 0 saturated heterocycles. The summed E-state index contributed by atoms with van der Waals surface area (Å²) in [5.41, 5.74) is 6.46. The number of hydrogen-bond donors (Lipinski definition) is 5. The number of hydrazine groups is 2. The fourth-order valence-electron chi connectivity index (χ4n) is 4.82. The second-order valence-corrected chi connectivity index (χ2v) is 8.37. The maximum absolute atomic E-state index is 12.2. The number of hydrogen-bond acceptors (Lipinski definition) is 5. The fraction of sp³-hybridized carbons (Fsp3) is 0. The highest BCUT2D eigenvalue weighted by molar-refractivity contribution is 6.20. The molecule has 1 aromatic heterocycles. The molecule has 0 aliphatic rings. The maximum Gasteiger partial charge on any atom is 0.336 e. The van der Waals surface area contributed by atoms with Crippen molar-refractivity contribution in [3.05, 3.63) is 95.8 Å². The number of aromatic carboxylic acids is 1. The van der Waals surface area contributed by atoms with Crippen molar-refractivity contribution < 1.29 is 19.4 Å². The summed E-state index contributed by atoms with van der Waals surface area (Å²) in [5.74, 6) is 10.2. The van der Waals surface area contributed by atoms with Crippen molar-refractivity contribution in [3.8, 4) is 11.1 Å². The van der Waals surface area contributed by atoms with Crippen LogP contribution in [-0.4, -0.2) is 11.1 Å². The Morgan fingerprint density at radius 1 is 0.800 bits per heavy atom. The predicted molar refractivity (Wildman–Crippen MR) is 137 cm³/mol. The summed E-state index contributed by atoms with van der Waals surface area (Å²) in [6.45, 7) is 0. The van der Waals surface area contributed by atoms with Gasteiger partial charge in [-0.15, -0.1) is 5.10 Å². The summed E-state index contributed by atoms with van der Waals surface area (Å²) in [7, 11) is 0. The molecule has 35 heavy (non-hydrogen) atoms. The summed E-state index contributed by atoms with van der Waals surface area (Å²) < 4.78 is 6.63. The number of carboxylic acids is 1. The van der Waals surface area contributed by atoms with E-state index in [1.54, 1.807) is 12.1 Å². The van der Waals surface area contributed by atoms with Gasteiger partial charge in [-0.2, -0.15) is 0 Å². The van der Waals surface area contributed by atoms with Gasteiger partial charge in [0.1, 0.15) is 11.2 Å². The average Bonchev–Trinajstić information content (AvgIpc) is 2.90. The molecule has 1 heterocycles. The van der Waals surface area contributed by atoms with Crippen LogP contribution in [0.5, 0.6) is 0 Å². The predicted octanol–water partition coefficient (Wildman–Crippen LogP) is 3.40. The summed E-state index contributed by atoms with van der Waals surface area (Å²) in [4.78, 5) is 12.2. The van der Waals surface area contributed by atoms with Crippen LogP contribution in [0.15, 0.2) is 89.3 Å². The van der Waals surface area contributed by atoms with Crippen molar-refractivity contribution in [2.24, 2.45) is 11.7 Å². The first-order valence-electron chi connectivity index (χ1n) is 11.0. The number of rotatable bonds is 3. The minimum Gasteiger partial charge on any atom is -0.478 e. The van der Waals surface area contributed by atoms with Gasteiger partial charge in [0.15, 0.2) is 0 Å². The van der Waals surface area contributed by atoms with Crippen LogP contribution in [0.3, 0.4) is 0 Å². The molecule has 0 bridgehead atoms. The zero-order chi connectivity index (χ0) is 24.1. The third-order valence-corrected chi connectivity index (χ3v) is 6.44. The molecule has 0 amide bonds. The van der Waals surface area contributed by atoms with Gasteiger partial charge in [0.05, 0.1) is 5.56 Å². The Labute approximate surface area is 198 Å². The highest BCUT2D eigenvalue weighted by atomic mass is 16.4. The van der Waals surface area contributed by atoms with Crippen LogP contribution in [0.2, 0.25) is 0 Å². The van der Waals surface area contributed by atoms with E-state index in [4.69, 9.17) is 16.1 Å². The highest BCUT2D eigenvalue weighted by Gasteiger charge is 2.20. The number of nitrogens with two attached hydrogens (primary N) is 2. The quantitative estimate of drug-likeness (QED) is 0.119. The first-order chi connectivity index (χ1) is 17.1. The van der Waals surface area contributed by atoms with Crippen molar-refractivity contribution in [3.63, 3.8) is 0 Å². The Hall–Kier alpha value is -4.88. The van der Waals surface area contributed by atoms with Crippen LogP contribution in [0.25, 0.3) is 54.6 Å². The summed E-state index contributed by atoms with van der Waals surface area (Å²) in [6, 6.07) is 26.6. The Morgan fingerprint density at radius 3 is 2.09 bits per heavy atom. The van der Waals surface area contributed by atoms with E-state index in [0.717, 1.165) is 48.9 Å². The number of carbonyl (C=O) groups is 1. The number of benzene rings is 5. The molecule has 5 aromatic carbocycles. The van der Waals surface area contributed by atoms with Gasteiger partial charge < -0.3 is 14.9 Å². The second kappa shape index (κ2) is 7.86. The molecule has 0 spiro atoms. The number of nitrogen functional groups attached to an aromatic ring is 1. The van der Waals surface area contributed by atoms with Crippen LogP contribution >= 0.6 is 0 Å². The van der Waals surface area contributed by atoms with Crippen molar-refractivity contribution in [1.82, 2.24) is 0 Å². The molecule has 6 rings (SSSR count). The molecule has 0 radical (unpaired) electrons. The highest BCUT2D eigenvalue weighted by Crippen LogP contribution is 2.42. The molecule has 0 fully saturated rings. The monoisotopic (exact) mass is 461 g/mol. The molecule has 0 unspecified atom stereocenters. The lowest BCUT2D eigenvalue weighted by molar-refractivity contribution is -0.512. The first kappa shape index (κ1) is 20.7. The first-order valence-corrected chi connectivity index (χ1v) is 11.0. The largest absolute Gasteiger partial charge is 0.478 e. The summed E-state index contributed by atoms with van der Waals surface area (Å²) >= 11 is 0. The van der Waals surface area contributed by atoms with E-state index in [1.165, 1.54) is 0 Å². The molecular weight excluding hydrogens is 440 g/mol. The molecule has 0 aliphatic heterocycles. The fourth-order valence-corrected chi connectivity index (χ4v) is 4.82. The van der Waals surface area contributed by atoms with Gasteiger partial charge in [-0.05, 0) is 58.8 Å². The Bertz CT molecular complexity index is 1890. The van der Waals surface area contributed by atoms with Crippen molar-refractivity contribution in [1.29, 1.82) is 0 Å². The lowest BCUT2D eigenvalue weighted by atomic mass is 9.91. The second-order valence-electron chi connectivity index (χ2n) is 8.37. The minimum absolute atomic E-state index is 0.229. The lowest BCUT2D eigenvalue weighted by Crippen LogP contribution is -2.83. The number of fused-ring (bicyclic) bond motifs is 6. The Kier molecular flexibility index (Phi) is 4.65. The van der Waals surface area contributed by atoms with E-state index < -0.39 is 5.97 Å². The molecule has 0 aliphatic carbocycles. The SMILES string of the molecule is NNc1ccc2c(ccc3c(-c4ccccc4C(=O)O)c4ccc5c/c(=[NH+]/N)ccc5c4oc32)c1. The van der Waals surface area contributed by atoms with Gasteiger partial charge >= 0.3 is 5.97 Å². The van der Waals surface area contributed by atoms with Crippen molar-refractivity contribution >= 4 is 55.1 Å². The minimum atomic E-state index is -0.985. The zero-order valence-corrected chi connectivity index (χ0v) is 18.5. The van der Waals surface area contributed by atoms with Gasteiger partial charge in [0, 0.05) is 44.9 Å². The topological polar surface area (TPSA) is 128 Å². The van der Waals surface area contributed by atoms with Crippen molar-refractivity contribution in [2.75, 3.05) is 5.43 Å². The average molecular weight is 462 g/mol. The van der Waals surface area contributed by atoms with Crippen LogP contribution in [0.1, 0.15) is 10.4 Å². The third-order valence-electron chi connectivity index (χ3n) is 6.44. The van der Waals surface area contributed by atoms with Crippen molar-refractivity contribution in [2.45, 2.75) is 0 Å². The molecule has 6 aromatic rings. The van der Waals surface area contributed by atoms with Crippen LogP contribution in [0, 0.1) is 0 Å². The standard InChI is InChI=1S/C28H20N4O3/c29-31-17-7-11-19-15(13-17)5-9-23-25(21-3-1-2-4-22(21)28(33)34)24-10-6-16-14-18(32-30)8-12-20(16)27(24)35-26(19)23/h1-14,31H,29-30H2,(H,33,34)/p+1/b32-18+. The normalized spacial score (nSPS) is 12.1. The summed E-state index contributed by atoms with van der Waals surface area (Å²) in [6.07, 6.45) is 0. The number of carboxylic acid groups (broad SMARTS) is 1. The van der Waals surface area contributed by atoms with Crippen LogP contribution < -0.4 is 27.6 Å². The van der Waals surface area contributed by atoms with Gasteiger partial charge in [0.2, 0.25) is 5.36 Å². The van der Waals surface area contributed by atoms with Gasteiger partial charge in [-0.3, -0.25) is 5.84 Å². The summed E-state index contributed by atoms with van der Waals surface area (Å²) in [5, 5.41) is 18.8. The molecule has 7 N–H and O–H groups in total. The molecule has 0 atom stereocenters. The van der Waals surface area contributed by atoms with Gasteiger partial charge in [0.25, 0.3) is 0 Å². The molecule has 170 valence electrons. The third kappa shape index (κ3) is 3.18.